The second-order valence-corrected chi connectivity index (χ2v) is 9.47. The number of benzene rings is 3. The normalized spacial score (nSPS) is 22.1. The van der Waals surface area contributed by atoms with Crippen LogP contribution in [0.15, 0.2) is 75.7 Å². The number of methoxy groups -OCH3 is 1. The third-order valence-corrected chi connectivity index (χ3v) is 6.96. The van der Waals surface area contributed by atoms with Crippen molar-refractivity contribution in [2.75, 3.05) is 17.1 Å². The second-order valence-electron chi connectivity index (χ2n) is 7.70. The molecule has 2 heterocycles. The van der Waals surface area contributed by atoms with Gasteiger partial charge in [0.1, 0.15) is 5.92 Å². The van der Waals surface area contributed by atoms with Crippen LogP contribution in [0, 0.1) is 5.92 Å². The SMILES string of the molecule is COc1cc([C@@H]2[C@@H]3C(=O)N(c4ccc(Br)cc4)C(=O)[C@@H]3ON2c2ccccc2)cc(Br)c1O. The summed E-state index contributed by atoms with van der Waals surface area (Å²) >= 11 is 6.74. The number of hydroxylamine groups is 1. The Kier molecular flexibility index (Phi) is 5.64. The van der Waals surface area contributed by atoms with Crippen LogP contribution in [-0.2, 0) is 14.4 Å². The number of hydrogen-bond donors (Lipinski definition) is 1. The van der Waals surface area contributed by atoms with E-state index in [1.807, 2.05) is 30.3 Å². The zero-order valence-corrected chi connectivity index (χ0v) is 20.5. The Labute approximate surface area is 206 Å². The summed E-state index contributed by atoms with van der Waals surface area (Å²) in [6.07, 6.45) is -0.982. The molecule has 0 aliphatic carbocycles. The Morgan fingerprint density at radius 1 is 0.939 bits per heavy atom. The van der Waals surface area contributed by atoms with Gasteiger partial charge in [0.25, 0.3) is 5.91 Å². The second kappa shape index (κ2) is 8.48. The summed E-state index contributed by atoms with van der Waals surface area (Å²) < 4.78 is 6.58. The number of anilines is 2. The Hall–Kier alpha value is -2.88. The fourth-order valence-electron chi connectivity index (χ4n) is 4.32. The molecule has 33 heavy (non-hydrogen) atoms. The molecule has 2 aliphatic rings. The highest BCUT2D eigenvalue weighted by molar-refractivity contribution is 9.10. The van der Waals surface area contributed by atoms with E-state index in [4.69, 9.17) is 9.57 Å². The van der Waals surface area contributed by atoms with Gasteiger partial charge in [-0.1, -0.05) is 34.1 Å². The highest BCUT2D eigenvalue weighted by Crippen LogP contribution is 2.49. The fourth-order valence-corrected chi connectivity index (χ4v) is 5.04. The first-order valence-corrected chi connectivity index (χ1v) is 11.7. The predicted molar refractivity (Wildman–Crippen MR) is 129 cm³/mol. The molecule has 1 N–H and O–H groups in total. The van der Waals surface area contributed by atoms with Crippen molar-refractivity contribution in [3.63, 3.8) is 0 Å². The van der Waals surface area contributed by atoms with Crippen LogP contribution in [0.2, 0.25) is 0 Å². The summed E-state index contributed by atoms with van der Waals surface area (Å²) in [5, 5.41) is 11.9. The van der Waals surface area contributed by atoms with Crippen molar-refractivity contribution in [3.05, 3.63) is 81.2 Å². The van der Waals surface area contributed by atoms with Crippen molar-refractivity contribution in [3.8, 4) is 11.5 Å². The monoisotopic (exact) mass is 572 g/mol. The molecule has 3 atom stereocenters. The summed E-state index contributed by atoms with van der Waals surface area (Å²) in [4.78, 5) is 34.3. The zero-order valence-electron chi connectivity index (χ0n) is 17.3. The minimum Gasteiger partial charge on any atom is -0.503 e. The van der Waals surface area contributed by atoms with Gasteiger partial charge in [0.15, 0.2) is 17.6 Å². The average molecular weight is 574 g/mol. The Morgan fingerprint density at radius 3 is 2.30 bits per heavy atom. The molecule has 3 aromatic rings. The third kappa shape index (κ3) is 3.60. The van der Waals surface area contributed by atoms with Gasteiger partial charge in [0.2, 0.25) is 5.91 Å². The van der Waals surface area contributed by atoms with E-state index < -0.39 is 24.0 Å². The molecule has 0 unspecified atom stereocenters. The number of phenolic OH excluding ortho intramolecular Hbond substituents is 1. The van der Waals surface area contributed by atoms with E-state index in [2.05, 4.69) is 31.9 Å². The van der Waals surface area contributed by atoms with Crippen molar-refractivity contribution in [2.45, 2.75) is 12.1 Å². The van der Waals surface area contributed by atoms with E-state index in [1.165, 1.54) is 12.0 Å². The van der Waals surface area contributed by atoms with Gasteiger partial charge in [0, 0.05) is 4.47 Å². The van der Waals surface area contributed by atoms with Crippen LogP contribution < -0.4 is 14.7 Å². The molecule has 2 saturated heterocycles. The number of phenols is 1. The van der Waals surface area contributed by atoms with Gasteiger partial charge in [-0.25, -0.2) is 9.96 Å². The Morgan fingerprint density at radius 2 is 1.64 bits per heavy atom. The third-order valence-electron chi connectivity index (χ3n) is 5.82. The standard InChI is InChI=1S/C24H18Br2N2O5/c1-32-18-12-13(11-17(26)21(18)29)20-19-22(33-28(20)16-5-3-2-4-6-16)24(31)27(23(19)30)15-9-7-14(25)8-10-15/h2-12,19-20,22,29H,1H3/t19-,20+,22+/m0/s1. The number of aromatic hydroxyl groups is 1. The molecule has 0 radical (unpaired) electrons. The van der Waals surface area contributed by atoms with Crippen LogP contribution >= 0.6 is 31.9 Å². The minimum absolute atomic E-state index is 0.0479. The molecule has 2 fully saturated rings. The smallest absolute Gasteiger partial charge is 0.266 e. The number of nitrogens with zero attached hydrogens (tertiary/aromatic N) is 2. The topological polar surface area (TPSA) is 79.3 Å². The van der Waals surface area contributed by atoms with E-state index in [9.17, 15) is 14.7 Å². The van der Waals surface area contributed by atoms with E-state index in [0.29, 0.717) is 21.4 Å². The van der Waals surface area contributed by atoms with Crippen molar-refractivity contribution < 1.29 is 24.3 Å². The Bertz CT molecular complexity index is 1240. The van der Waals surface area contributed by atoms with Crippen LogP contribution in [0.1, 0.15) is 11.6 Å². The maximum atomic E-state index is 13.6. The van der Waals surface area contributed by atoms with E-state index >= 15 is 0 Å². The van der Waals surface area contributed by atoms with E-state index in [-0.39, 0.29) is 17.4 Å². The summed E-state index contributed by atoms with van der Waals surface area (Å²) in [6, 6.07) is 19.0. The van der Waals surface area contributed by atoms with Gasteiger partial charge in [-0.15, -0.1) is 0 Å². The number of hydrogen-bond acceptors (Lipinski definition) is 6. The lowest BCUT2D eigenvalue weighted by Crippen LogP contribution is -2.37. The number of carbonyl (C=O) groups excluding carboxylic acids is 2. The van der Waals surface area contributed by atoms with Crippen LogP contribution in [0.25, 0.3) is 0 Å². The molecule has 7 nitrogen and oxygen atoms in total. The number of fused-ring (bicyclic) bond motifs is 1. The largest absolute Gasteiger partial charge is 0.503 e. The lowest BCUT2D eigenvalue weighted by Gasteiger charge is -2.29. The van der Waals surface area contributed by atoms with E-state index in [0.717, 1.165) is 4.47 Å². The molecular formula is C24H18Br2N2O5. The molecular weight excluding hydrogens is 556 g/mol. The molecule has 0 bridgehead atoms. The molecule has 0 saturated carbocycles. The number of carbonyl (C=O) groups is 2. The lowest BCUT2D eigenvalue weighted by molar-refractivity contribution is -0.126. The fraction of sp³-hybridized carbons (Fsp3) is 0.167. The summed E-state index contributed by atoms with van der Waals surface area (Å²) in [5.74, 6) is -1.35. The molecule has 3 aromatic carbocycles. The van der Waals surface area contributed by atoms with Gasteiger partial charge < -0.3 is 9.84 Å². The van der Waals surface area contributed by atoms with Gasteiger partial charge in [-0.2, -0.15) is 0 Å². The maximum absolute atomic E-state index is 13.6. The molecule has 2 aliphatic heterocycles. The minimum atomic E-state index is -0.982. The highest BCUT2D eigenvalue weighted by Gasteiger charge is 2.60. The first-order valence-electron chi connectivity index (χ1n) is 10.1. The number of para-hydroxylation sites is 1. The molecule has 168 valence electrons. The van der Waals surface area contributed by atoms with E-state index in [1.54, 1.807) is 41.5 Å². The molecule has 2 amide bonds. The van der Waals surface area contributed by atoms with Crippen LogP contribution in [0.4, 0.5) is 11.4 Å². The summed E-state index contributed by atoms with van der Waals surface area (Å²) in [7, 11) is 1.45. The number of halogens is 2. The average Bonchev–Trinajstić information content (AvgIpc) is 3.33. The van der Waals surface area contributed by atoms with Crippen molar-refractivity contribution in [1.82, 2.24) is 0 Å². The molecule has 0 aromatic heterocycles. The van der Waals surface area contributed by atoms with Crippen molar-refractivity contribution in [2.24, 2.45) is 5.92 Å². The van der Waals surface area contributed by atoms with Gasteiger partial charge >= 0.3 is 0 Å². The summed E-state index contributed by atoms with van der Waals surface area (Å²) in [5.41, 5.74) is 1.85. The zero-order chi connectivity index (χ0) is 23.3. The van der Waals surface area contributed by atoms with Crippen LogP contribution in [-0.4, -0.2) is 30.1 Å². The number of rotatable bonds is 4. The van der Waals surface area contributed by atoms with Crippen molar-refractivity contribution in [1.29, 1.82) is 0 Å². The van der Waals surface area contributed by atoms with Gasteiger partial charge in [-0.05, 0) is 70.0 Å². The lowest BCUT2D eigenvalue weighted by atomic mass is 9.90. The first-order chi connectivity index (χ1) is 15.9. The van der Waals surface area contributed by atoms with Crippen LogP contribution in [0.5, 0.6) is 11.5 Å². The van der Waals surface area contributed by atoms with Crippen LogP contribution in [0.3, 0.4) is 0 Å². The Balaban J connectivity index is 1.62. The highest BCUT2D eigenvalue weighted by atomic mass is 79.9. The first kappa shape index (κ1) is 21.9. The van der Waals surface area contributed by atoms with Gasteiger partial charge in [0.05, 0.1) is 29.0 Å². The summed E-state index contributed by atoms with van der Waals surface area (Å²) in [6.45, 7) is 0. The number of imide groups is 1. The number of amides is 2. The number of ether oxygens (including phenoxy) is 1. The maximum Gasteiger partial charge on any atom is 0.266 e. The quantitative estimate of drug-likeness (QED) is 0.444. The predicted octanol–water partition coefficient (Wildman–Crippen LogP) is 4.98. The molecule has 5 rings (SSSR count). The van der Waals surface area contributed by atoms with Gasteiger partial charge in [-0.3, -0.25) is 14.4 Å². The van der Waals surface area contributed by atoms with Crippen molar-refractivity contribution >= 4 is 55.0 Å². The molecule has 9 heteroatoms. The molecule has 0 spiro atoms.